The van der Waals surface area contributed by atoms with Crippen LogP contribution in [0.5, 0.6) is 0 Å². The van der Waals surface area contributed by atoms with Crippen molar-refractivity contribution in [3.8, 4) is 0 Å². The van der Waals surface area contributed by atoms with E-state index in [1.165, 1.54) is 417 Å². The molecule has 0 radical (unpaired) electrons. The summed E-state index contributed by atoms with van der Waals surface area (Å²) in [4.78, 5) is 3.45. The highest BCUT2D eigenvalue weighted by Gasteiger charge is 2.67. The van der Waals surface area contributed by atoms with Crippen molar-refractivity contribution in [3.63, 3.8) is 0 Å². The molecule has 5 saturated heterocycles. The van der Waals surface area contributed by atoms with Crippen LogP contribution in [0.3, 0.4) is 0 Å². The standard InChI is InChI=1S/C112H216N8/c1-17-33-49-65-82-81-97-98(90(73-57-41-25-9)83(82)66-50-34-18-2)106-113-105(97)114-107-99-91(74-58-42-26-10)84(67-51-35-19-3)85(68-52-36-20-4)92(75-59-43-27-11)100(99)108(115-107)116-109-101-93(76-60-44-28-12)86(69-53-37-21-5)87(70-54-38-22-6)94(77-61-45-29-13)102(101)110(117-109)119-112-104-96(79-63-47-31-15)89(72-56-40-24-8)88(71-55-39-23-7)95(78-62-46-30-14)103(104)111(118-106)120(112)80-64-48-32-16/h82-119H,17-81H2,1-16H3. The second-order valence-corrected chi connectivity index (χ2v) is 44.3. The number of hydrogen-bond donors (Lipinski definition) is 7. The zero-order chi connectivity index (χ0) is 85.4. The van der Waals surface area contributed by atoms with E-state index in [-0.39, 0.29) is 37.0 Å². The van der Waals surface area contributed by atoms with E-state index in [1.807, 2.05) is 0 Å². The molecule has 9 aliphatic rings. The maximum atomic E-state index is 5.45. The van der Waals surface area contributed by atoms with Crippen LogP contribution in [0.4, 0.5) is 0 Å². The van der Waals surface area contributed by atoms with Crippen molar-refractivity contribution in [2.24, 2.45) is 136 Å². The zero-order valence-corrected chi connectivity index (χ0v) is 83.8. The summed E-state index contributed by atoms with van der Waals surface area (Å²) < 4.78 is 0. The molecule has 8 nitrogen and oxygen atoms in total. The predicted molar refractivity (Wildman–Crippen MR) is 526 cm³/mol. The van der Waals surface area contributed by atoms with Crippen molar-refractivity contribution in [1.82, 2.24) is 42.1 Å². The topological polar surface area (TPSA) is 87.4 Å². The van der Waals surface area contributed by atoms with Crippen LogP contribution in [0.1, 0.15) is 522 Å². The molecule has 5 heterocycles. The van der Waals surface area contributed by atoms with Gasteiger partial charge in [-0.1, -0.05) is 419 Å². The molecule has 5 aliphatic heterocycles. The van der Waals surface area contributed by atoms with Crippen molar-refractivity contribution < 1.29 is 0 Å². The predicted octanol–water partition coefficient (Wildman–Crippen LogP) is 31.6. The maximum Gasteiger partial charge on any atom is 0.0658 e. The van der Waals surface area contributed by atoms with E-state index in [1.54, 1.807) is 0 Å². The van der Waals surface area contributed by atoms with Gasteiger partial charge in [-0.2, -0.15) is 0 Å². The molecule has 9 rings (SSSR count). The van der Waals surface area contributed by atoms with E-state index in [4.69, 9.17) is 37.2 Å². The van der Waals surface area contributed by atoms with Gasteiger partial charge in [0.2, 0.25) is 0 Å². The molecule has 7 N–H and O–H groups in total. The summed E-state index contributed by atoms with van der Waals surface area (Å²) in [5, 5.41) is 36.8. The average Bonchev–Trinajstić information content (AvgIpc) is 1.55. The highest BCUT2D eigenvalue weighted by molar-refractivity contribution is 5.18. The Morgan fingerprint density at radius 3 is 0.600 bits per heavy atom. The molecule has 8 bridgehead atoms. The summed E-state index contributed by atoms with van der Waals surface area (Å²) in [6.45, 7) is 41.6. The van der Waals surface area contributed by atoms with Crippen LogP contribution in [-0.4, -0.2) is 60.8 Å². The van der Waals surface area contributed by atoms with Gasteiger partial charge < -0.3 is 0 Å². The molecular formula is C112H216N8. The van der Waals surface area contributed by atoms with Gasteiger partial charge in [0, 0.05) is 6.54 Å². The molecule has 0 aromatic carbocycles. The third-order valence-corrected chi connectivity index (χ3v) is 36.4. The maximum absolute atomic E-state index is 5.45. The summed E-state index contributed by atoms with van der Waals surface area (Å²) in [6, 6.07) is 0. The molecule has 4 saturated carbocycles. The Bertz CT molecular complexity index is 2530. The fraction of sp³-hybridized carbons (Fsp3) is 1.00. The molecule has 120 heavy (non-hydrogen) atoms. The number of nitrogens with zero attached hydrogens (tertiary/aromatic N) is 1. The number of hydrogen-bond acceptors (Lipinski definition) is 8. The fourth-order valence-corrected chi connectivity index (χ4v) is 31.1. The normalized spacial score (nSPS) is 36.8. The summed E-state index contributed by atoms with van der Waals surface area (Å²) >= 11 is 0. The van der Waals surface area contributed by atoms with E-state index >= 15 is 0 Å². The van der Waals surface area contributed by atoms with E-state index in [0.717, 1.165) is 88.8 Å². The Balaban J connectivity index is 1.41. The molecular weight excluding hydrogens is 1460 g/mol. The van der Waals surface area contributed by atoms with E-state index in [9.17, 15) is 0 Å². The first kappa shape index (κ1) is 103. The summed E-state index contributed by atoms with van der Waals surface area (Å²) in [7, 11) is 0. The van der Waals surface area contributed by atoms with Crippen molar-refractivity contribution in [3.05, 3.63) is 0 Å². The van der Waals surface area contributed by atoms with Gasteiger partial charge in [-0.05, 0) is 239 Å². The van der Waals surface area contributed by atoms with E-state index in [2.05, 4.69) is 116 Å². The Hall–Kier alpha value is -0.320. The minimum atomic E-state index is 0.269. The van der Waals surface area contributed by atoms with E-state index in [0.29, 0.717) is 59.7 Å². The third kappa shape index (κ3) is 27.9. The lowest BCUT2D eigenvalue weighted by molar-refractivity contribution is -0.0577. The second kappa shape index (κ2) is 58.5. The van der Waals surface area contributed by atoms with Gasteiger partial charge in [-0.25, -0.2) is 0 Å². The number of fused-ring (bicyclic) bond motifs is 20. The lowest BCUT2D eigenvalue weighted by Crippen LogP contribution is -2.63. The number of unbranched alkanes of at least 4 members (excludes halogenated alkanes) is 32. The zero-order valence-electron chi connectivity index (χ0n) is 83.8. The first-order valence-corrected chi connectivity index (χ1v) is 57.1. The van der Waals surface area contributed by atoms with Crippen LogP contribution in [0.15, 0.2) is 0 Å². The molecule has 8 heteroatoms. The van der Waals surface area contributed by atoms with Crippen LogP contribution in [0, 0.1) is 136 Å². The SMILES string of the molecule is CCCCCC1CC2C3NC(NC4C5C(CCCCC)C(CCCCC)C(CCCCC)C(CCCCC)C5C(NC5NC(NC6NC(N3)C3C(CCCCC)C(CCCCC)C(CCCCC)C(CCCCC)C63)C3C(CCCCC)C(CCCCC)C(CCCCC)C(CCCCC)C53)N4CCCCC)C2C(CCCCC)C1CCCCC. The fourth-order valence-electron chi connectivity index (χ4n) is 31.1. The lowest BCUT2D eigenvalue weighted by Gasteiger charge is -2.54. The van der Waals surface area contributed by atoms with Crippen LogP contribution in [0.25, 0.3) is 0 Å². The first-order chi connectivity index (χ1) is 59.0. The third-order valence-electron chi connectivity index (χ3n) is 36.4. The average molecular weight is 1680 g/mol. The van der Waals surface area contributed by atoms with Crippen molar-refractivity contribution in [2.45, 2.75) is 571 Å². The van der Waals surface area contributed by atoms with Gasteiger partial charge in [-0.15, -0.1) is 0 Å². The molecule has 4 aliphatic carbocycles. The van der Waals surface area contributed by atoms with Crippen molar-refractivity contribution >= 4 is 0 Å². The smallest absolute Gasteiger partial charge is 0.0658 e. The largest absolute Gasteiger partial charge is 0.286 e. The van der Waals surface area contributed by atoms with Crippen LogP contribution in [-0.2, 0) is 0 Å². The van der Waals surface area contributed by atoms with Gasteiger partial charge in [0.05, 0.1) is 49.3 Å². The molecule has 31 atom stereocenters. The van der Waals surface area contributed by atoms with Crippen molar-refractivity contribution in [1.29, 1.82) is 0 Å². The van der Waals surface area contributed by atoms with Gasteiger partial charge in [0.25, 0.3) is 0 Å². The second-order valence-electron chi connectivity index (χ2n) is 44.3. The molecule has 31 unspecified atom stereocenters. The molecule has 0 aromatic heterocycles. The monoisotopic (exact) mass is 1670 g/mol. The Morgan fingerprint density at radius 2 is 0.350 bits per heavy atom. The number of rotatable bonds is 64. The van der Waals surface area contributed by atoms with Crippen molar-refractivity contribution in [2.75, 3.05) is 6.54 Å². The summed E-state index contributed by atoms with van der Waals surface area (Å²) in [5.74, 6) is 16.6. The molecule has 0 aromatic rings. The molecule has 704 valence electrons. The Labute approximate surface area is 751 Å². The quantitative estimate of drug-likeness (QED) is 0.0303. The van der Waals surface area contributed by atoms with Crippen LogP contribution < -0.4 is 37.2 Å². The Morgan fingerprint density at radius 1 is 0.167 bits per heavy atom. The lowest BCUT2D eigenvalue weighted by atomic mass is 9.52. The summed E-state index contributed by atoms with van der Waals surface area (Å²) in [6.07, 6.45) is 91.9. The molecule has 0 amide bonds. The summed E-state index contributed by atoms with van der Waals surface area (Å²) in [5.41, 5.74) is 0. The molecule has 9 fully saturated rings. The molecule has 0 spiro atoms. The van der Waals surface area contributed by atoms with Gasteiger partial charge >= 0.3 is 0 Å². The van der Waals surface area contributed by atoms with Crippen LogP contribution in [0.2, 0.25) is 0 Å². The minimum Gasteiger partial charge on any atom is -0.286 e. The number of nitrogens with one attached hydrogen (secondary N) is 7. The van der Waals surface area contributed by atoms with E-state index < -0.39 is 0 Å². The van der Waals surface area contributed by atoms with Gasteiger partial charge in [0.1, 0.15) is 0 Å². The van der Waals surface area contributed by atoms with Crippen LogP contribution >= 0.6 is 0 Å². The van der Waals surface area contributed by atoms with Gasteiger partial charge in [0.15, 0.2) is 0 Å². The highest BCUT2D eigenvalue weighted by atomic mass is 15.5. The Kier molecular flexibility index (Phi) is 50.4. The minimum absolute atomic E-state index is 0.269. The van der Waals surface area contributed by atoms with Gasteiger partial charge in [-0.3, -0.25) is 42.1 Å². The first-order valence-electron chi connectivity index (χ1n) is 57.1. The highest BCUT2D eigenvalue weighted by Crippen LogP contribution is 2.64.